The summed E-state index contributed by atoms with van der Waals surface area (Å²) >= 11 is 0. The summed E-state index contributed by atoms with van der Waals surface area (Å²) < 4.78 is 10.9. The molecule has 0 aliphatic heterocycles. The minimum atomic E-state index is -0.487. The Kier molecular flexibility index (Phi) is 6.12. The van der Waals surface area contributed by atoms with Gasteiger partial charge in [0.25, 0.3) is 5.88 Å². The van der Waals surface area contributed by atoms with E-state index in [2.05, 4.69) is 29.0 Å². The molecule has 0 amide bonds. The van der Waals surface area contributed by atoms with Gasteiger partial charge in [-0.2, -0.15) is 0 Å². The number of aromatic hydroxyl groups is 1. The van der Waals surface area contributed by atoms with Crippen molar-refractivity contribution in [2.75, 3.05) is 18.0 Å². The number of hydrogen-bond acceptors (Lipinski definition) is 7. The molecule has 7 nitrogen and oxygen atoms in total. The van der Waals surface area contributed by atoms with E-state index in [0.717, 1.165) is 29.7 Å². The molecule has 0 aliphatic rings. The minimum Gasteiger partial charge on any atom is -0.502 e. The molecule has 0 aliphatic carbocycles. The van der Waals surface area contributed by atoms with Crippen LogP contribution in [-0.4, -0.2) is 18.2 Å². The van der Waals surface area contributed by atoms with E-state index in [1.54, 1.807) is 12.1 Å². The summed E-state index contributed by atoms with van der Waals surface area (Å²) in [6, 6.07) is 12.6. The van der Waals surface area contributed by atoms with Gasteiger partial charge in [0, 0.05) is 30.2 Å². The van der Waals surface area contributed by atoms with Crippen LogP contribution in [0.4, 0.5) is 17.3 Å². The van der Waals surface area contributed by atoms with Crippen LogP contribution in [0.3, 0.4) is 0 Å². The fraction of sp³-hybridized carbons (Fsp3) is 0.227. The lowest BCUT2D eigenvalue weighted by Gasteiger charge is -2.20. The molecule has 2 heterocycles. The molecule has 4 rings (SSSR count). The second-order valence-electron chi connectivity index (χ2n) is 6.71. The molecule has 0 bridgehead atoms. The second kappa shape index (κ2) is 8.59. The molecule has 0 fully saturated rings. The Labute approximate surface area is 179 Å². The first-order chi connectivity index (χ1) is 14.0. The molecule has 2 aromatic heterocycles. The molecule has 0 atom stereocenters. The number of halogens is 1. The molecular formula is C22H22ClN3O4. The van der Waals surface area contributed by atoms with Crippen LogP contribution in [0.1, 0.15) is 19.4 Å². The second-order valence-corrected chi connectivity index (χ2v) is 6.71. The van der Waals surface area contributed by atoms with Gasteiger partial charge >= 0.3 is 5.63 Å². The molecule has 0 unspecified atom stereocenters. The van der Waals surface area contributed by atoms with Gasteiger partial charge in [-0.1, -0.05) is 0 Å². The quantitative estimate of drug-likeness (QED) is 0.301. The largest absolute Gasteiger partial charge is 0.502 e. The van der Waals surface area contributed by atoms with E-state index >= 15 is 0 Å². The Morgan fingerprint density at radius 2 is 1.70 bits per heavy atom. The van der Waals surface area contributed by atoms with Crippen LogP contribution in [0.5, 0.6) is 5.75 Å². The smallest absolute Gasteiger partial charge is 0.336 e. The van der Waals surface area contributed by atoms with Gasteiger partial charge in [0.15, 0.2) is 11.3 Å². The number of fused-ring (bicyclic) bond motifs is 3. The number of aryl methyl sites for hydroxylation is 1. The maximum atomic E-state index is 11.8. The van der Waals surface area contributed by atoms with Crippen molar-refractivity contribution < 1.29 is 13.9 Å². The van der Waals surface area contributed by atoms with E-state index in [9.17, 15) is 9.90 Å². The molecule has 1 N–H and O–H groups in total. The Balaban J connectivity index is 0.00000256. The summed E-state index contributed by atoms with van der Waals surface area (Å²) in [6.07, 6.45) is 0. The molecule has 2 aromatic carbocycles. The highest BCUT2D eigenvalue weighted by atomic mass is 35.5. The monoisotopic (exact) mass is 427 g/mol. The fourth-order valence-electron chi connectivity index (χ4n) is 3.42. The normalized spacial score (nSPS) is 11.3. The van der Waals surface area contributed by atoms with Crippen molar-refractivity contribution in [1.82, 2.24) is 0 Å². The topological polar surface area (TPSA) is 91.5 Å². The maximum Gasteiger partial charge on any atom is 0.336 e. The van der Waals surface area contributed by atoms with E-state index in [1.807, 2.05) is 31.2 Å². The molecule has 0 radical (unpaired) electrons. The van der Waals surface area contributed by atoms with Crippen LogP contribution >= 0.6 is 12.4 Å². The average molecular weight is 428 g/mol. The van der Waals surface area contributed by atoms with Crippen LogP contribution in [0, 0.1) is 6.92 Å². The third kappa shape index (κ3) is 3.76. The van der Waals surface area contributed by atoms with Crippen LogP contribution < -0.4 is 10.5 Å². The predicted octanol–water partition coefficient (Wildman–Crippen LogP) is 6.24. The Bertz CT molecular complexity index is 1270. The summed E-state index contributed by atoms with van der Waals surface area (Å²) in [7, 11) is 0. The van der Waals surface area contributed by atoms with Gasteiger partial charge < -0.3 is 18.8 Å². The minimum absolute atomic E-state index is 0. The van der Waals surface area contributed by atoms with Gasteiger partial charge in [0.2, 0.25) is 0 Å². The van der Waals surface area contributed by atoms with Crippen molar-refractivity contribution in [2.45, 2.75) is 20.8 Å². The summed E-state index contributed by atoms with van der Waals surface area (Å²) in [5, 5.41) is 19.9. The lowest BCUT2D eigenvalue weighted by Crippen LogP contribution is -2.21. The highest BCUT2D eigenvalue weighted by Crippen LogP contribution is 2.42. The SMILES string of the molecule is CCN(CC)c1ccc(N=Nc2oc3ccc4c(C)cc(=O)oc4c3c2O)cc1.Cl. The molecule has 156 valence electrons. The van der Waals surface area contributed by atoms with Crippen LogP contribution in [0.25, 0.3) is 21.9 Å². The highest BCUT2D eigenvalue weighted by molar-refractivity contribution is 6.08. The molecule has 0 saturated heterocycles. The van der Waals surface area contributed by atoms with Gasteiger partial charge in [0.1, 0.15) is 11.0 Å². The Hall–Kier alpha value is -3.32. The first-order valence-electron chi connectivity index (χ1n) is 9.47. The standard InChI is InChI=1S/C22H21N3O4.ClH/c1-4-25(5-2)15-8-6-14(7-9-15)23-24-22-20(27)19-17(28-22)11-10-16-13(3)12-18(26)29-21(16)19;/h6-12,27H,4-5H2,1-3H3;1H. The number of furan rings is 1. The van der Waals surface area contributed by atoms with Gasteiger partial charge in [-0.25, -0.2) is 4.79 Å². The molecule has 4 aromatic rings. The van der Waals surface area contributed by atoms with E-state index in [4.69, 9.17) is 8.83 Å². The van der Waals surface area contributed by atoms with Gasteiger partial charge in [-0.15, -0.1) is 22.6 Å². The number of nitrogens with zero attached hydrogens (tertiary/aromatic N) is 3. The number of benzene rings is 2. The third-order valence-electron chi connectivity index (χ3n) is 4.96. The zero-order chi connectivity index (χ0) is 20.5. The van der Waals surface area contributed by atoms with Crippen molar-refractivity contribution in [3.05, 3.63) is 58.4 Å². The summed E-state index contributed by atoms with van der Waals surface area (Å²) in [5.74, 6) is -0.243. The van der Waals surface area contributed by atoms with Crippen LogP contribution in [0.15, 0.2) is 66.3 Å². The van der Waals surface area contributed by atoms with E-state index in [0.29, 0.717) is 16.7 Å². The maximum absolute atomic E-state index is 11.8. The number of rotatable bonds is 5. The fourth-order valence-corrected chi connectivity index (χ4v) is 3.42. The van der Waals surface area contributed by atoms with Crippen molar-refractivity contribution >= 4 is 51.6 Å². The van der Waals surface area contributed by atoms with E-state index < -0.39 is 5.63 Å². The van der Waals surface area contributed by atoms with Crippen LogP contribution in [-0.2, 0) is 0 Å². The summed E-state index contributed by atoms with van der Waals surface area (Å²) in [4.78, 5) is 14.0. The van der Waals surface area contributed by atoms with E-state index in [-0.39, 0.29) is 29.6 Å². The molecule has 30 heavy (non-hydrogen) atoms. The third-order valence-corrected chi connectivity index (χ3v) is 4.96. The van der Waals surface area contributed by atoms with Crippen molar-refractivity contribution in [3.63, 3.8) is 0 Å². The number of anilines is 1. The van der Waals surface area contributed by atoms with E-state index in [1.165, 1.54) is 6.07 Å². The van der Waals surface area contributed by atoms with Gasteiger partial charge in [-0.05, 0) is 62.7 Å². The Morgan fingerprint density at radius 3 is 2.37 bits per heavy atom. The van der Waals surface area contributed by atoms with Gasteiger partial charge in [-0.3, -0.25) is 0 Å². The molecule has 0 spiro atoms. The van der Waals surface area contributed by atoms with Crippen molar-refractivity contribution in [2.24, 2.45) is 10.2 Å². The Morgan fingerprint density at radius 1 is 1.00 bits per heavy atom. The summed E-state index contributed by atoms with van der Waals surface area (Å²) in [5.41, 5.74) is 2.66. The van der Waals surface area contributed by atoms with Gasteiger partial charge in [0.05, 0.1) is 5.69 Å². The van der Waals surface area contributed by atoms with Crippen LogP contribution in [0.2, 0.25) is 0 Å². The zero-order valence-electron chi connectivity index (χ0n) is 16.9. The lowest BCUT2D eigenvalue weighted by molar-refractivity contribution is 0.467. The molecular weight excluding hydrogens is 406 g/mol. The average Bonchev–Trinajstić information content (AvgIpc) is 3.04. The number of azo groups is 1. The zero-order valence-corrected chi connectivity index (χ0v) is 17.7. The lowest BCUT2D eigenvalue weighted by atomic mass is 10.1. The molecule has 0 saturated carbocycles. The highest BCUT2D eigenvalue weighted by Gasteiger charge is 2.18. The van der Waals surface area contributed by atoms with Crippen molar-refractivity contribution in [3.8, 4) is 5.75 Å². The first-order valence-corrected chi connectivity index (χ1v) is 9.47. The summed E-state index contributed by atoms with van der Waals surface area (Å²) in [6.45, 7) is 7.87. The predicted molar refractivity (Wildman–Crippen MR) is 120 cm³/mol. The van der Waals surface area contributed by atoms with Crippen molar-refractivity contribution in [1.29, 1.82) is 0 Å². The number of hydrogen-bond donors (Lipinski definition) is 1. The molecule has 8 heteroatoms. The first kappa shape index (κ1) is 21.4.